The third-order valence-corrected chi connectivity index (χ3v) is 9.44. The molecular formula is C34H23NO2Se. The van der Waals surface area contributed by atoms with Crippen LogP contribution in [0.1, 0.15) is 36.3 Å². The topological polar surface area (TPSA) is 37.4 Å². The van der Waals surface area contributed by atoms with Gasteiger partial charge in [-0.1, -0.05) is 0 Å². The van der Waals surface area contributed by atoms with Gasteiger partial charge in [0.15, 0.2) is 0 Å². The van der Waals surface area contributed by atoms with Crippen molar-refractivity contribution in [2.75, 3.05) is 4.90 Å². The normalized spacial score (nSPS) is 14.1. The van der Waals surface area contributed by atoms with Gasteiger partial charge < -0.3 is 0 Å². The van der Waals surface area contributed by atoms with Crippen molar-refractivity contribution in [3.8, 4) is 0 Å². The number of fused-ring (bicyclic) bond motifs is 3. The van der Waals surface area contributed by atoms with E-state index >= 15 is 0 Å². The van der Waals surface area contributed by atoms with Crippen molar-refractivity contribution in [2.45, 2.75) is 12.8 Å². The van der Waals surface area contributed by atoms with Gasteiger partial charge >= 0.3 is 228 Å². The fourth-order valence-corrected chi connectivity index (χ4v) is 7.51. The fraction of sp³-hybridized carbons (Fsp3) is 0.0588. The Morgan fingerprint density at radius 3 is 2.08 bits per heavy atom. The van der Waals surface area contributed by atoms with Crippen LogP contribution in [0.25, 0.3) is 16.8 Å². The summed E-state index contributed by atoms with van der Waals surface area (Å²) in [5.41, 5.74) is 5.89. The standard InChI is InChI=1S/C34H23NO2Se/c36-33-28-19-23-10-4-5-11-24(23)20-29(28)34(37)30(33)21-26-17-18-32(38-26)35(25-13-2-1-3-14-25)31-16-8-12-22-9-6-7-15-27(22)31/h1-9,12-21H,10-11H2. The Morgan fingerprint density at radius 1 is 0.684 bits per heavy atom. The van der Waals surface area contributed by atoms with Gasteiger partial charge in [-0.15, -0.1) is 0 Å². The van der Waals surface area contributed by atoms with E-state index < -0.39 is 0 Å². The van der Waals surface area contributed by atoms with Gasteiger partial charge in [0, 0.05) is 0 Å². The zero-order valence-corrected chi connectivity index (χ0v) is 22.3. The van der Waals surface area contributed by atoms with Gasteiger partial charge in [0.05, 0.1) is 0 Å². The number of hydrogen-bond acceptors (Lipinski definition) is 3. The molecule has 0 bridgehead atoms. The summed E-state index contributed by atoms with van der Waals surface area (Å²) in [6, 6.07) is 33.2. The SMILES string of the molecule is O=C1C(=Cc2ccc(N(c3ccccc3)c3cccc4ccccc34)[se]2)C(=O)c2cc3c(cc21)CC=CC3. The number of rotatable bonds is 4. The van der Waals surface area contributed by atoms with Gasteiger partial charge in [-0.3, -0.25) is 0 Å². The maximum atomic E-state index is 13.3. The molecule has 0 saturated carbocycles. The van der Waals surface area contributed by atoms with E-state index in [1.165, 1.54) is 10.8 Å². The molecule has 38 heavy (non-hydrogen) atoms. The monoisotopic (exact) mass is 557 g/mol. The molecule has 0 spiro atoms. The molecule has 0 saturated heterocycles. The van der Waals surface area contributed by atoms with E-state index in [0.717, 1.165) is 44.3 Å². The van der Waals surface area contributed by atoms with Crippen LogP contribution in [-0.2, 0) is 12.8 Å². The predicted molar refractivity (Wildman–Crippen MR) is 155 cm³/mol. The number of Topliss-reactive ketones (excluding diaryl/α,β-unsaturated/α-hetero) is 2. The summed E-state index contributed by atoms with van der Waals surface area (Å²) < 4.78 is 2.17. The summed E-state index contributed by atoms with van der Waals surface area (Å²) in [5.74, 6) is -0.303. The van der Waals surface area contributed by atoms with Crippen molar-refractivity contribution in [1.29, 1.82) is 0 Å². The van der Waals surface area contributed by atoms with Crippen LogP contribution in [0.4, 0.5) is 15.9 Å². The quantitative estimate of drug-likeness (QED) is 0.0997. The number of anilines is 3. The maximum absolute atomic E-state index is 13.3. The fourth-order valence-electron chi connectivity index (χ4n) is 5.44. The molecule has 0 atom stereocenters. The van der Waals surface area contributed by atoms with Crippen molar-refractivity contribution in [1.82, 2.24) is 0 Å². The Bertz CT molecular complexity index is 1760. The van der Waals surface area contributed by atoms with Crippen LogP contribution in [0.5, 0.6) is 0 Å². The van der Waals surface area contributed by atoms with Gasteiger partial charge in [0.2, 0.25) is 0 Å². The zero-order valence-electron chi connectivity index (χ0n) is 20.6. The molecule has 0 fully saturated rings. The molecule has 2 aliphatic carbocycles. The van der Waals surface area contributed by atoms with Gasteiger partial charge in [0.25, 0.3) is 0 Å². The molecule has 182 valence electrons. The van der Waals surface area contributed by atoms with Crippen LogP contribution in [-0.4, -0.2) is 26.1 Å². The van der Waals surface area contributed by atoms with Crippen molar-refractivity contribution in [3.63, 3.8) is 0 Å². The number of carbonyl (C=O) groups excluding carboxylic acids is 2. The Hall–Kier alpha value is -4.24. The van der Waals surface area contributed by atoms with Crippen LogP contribution in [0.15, 0.2) is 115 Å². The van der Waals surface area contributed by atoms with Crippen LogP contribution >= 0.6 is 0 Å². The van der Waals surface area contributed by atoms with Crippen LogP contribution in [0.2, 0.25) is 0 Å². The minimum absolute atomic E-state index is 0.0850. The summed E-state index contributed by atoms with van der Waals surface area (Å²) in [7, 11) is 0. The Morgan fingerprint density at radius 2 is 1.34 bits per heavy atom. The molecule has 0 radical (unpaired) electrons. The summed E-state index contributed by atoms with van der Waals surface area (Å²) in [4.78, 5) is 29.0. The Kier molecular flexibility index (Phi) is 5.58. The predicted octanol–water partition coefficient (Wildman–Crippen LogP) is 7.48. The van der Waals surface area contributed by atoms with Crippen molar-refractivity contribution < 1.29 is 9.59 Å². The molecule has 4 heteroatoms. The van der Waals surface area contributed by atoms with Gasteiger partial charge in [-0.25, -0.2) is 0 Å². The van der Waals surface area contributed by atoms with Gasteiger partial charge in [-0.05, 0) is 0 Å². The molecule has 1 heterocycles. The first-order chi connectivity index (χ1) is 18.7. The van der Waals surface area contributed by atoms with Crippen LogP contribution in [0.3, 0.4) is 0 Å². The first kappa shape index (κ1) is 22.9. The van der Waals surface area contributed by atoms with Gasteiger partial charge in [-0.2, -0.15) is 0 Å². The van der Waals surface area contributed by atoms with Crippen molar-refractivity contribution in [3.05, 3.63) is 141 Å². The van der Waals surface area contributed by atoms with Crippen LogP contribution in [0, 0.1) is 0 Å². The minimum atomic E-state index is -0.151. The molecule has 1 aromatic heterocycles. The van der Waals surface area contributed by atoms with E-state index in [-0.39, 0.29) is 31.6 Å². The molecule has 0 N–H and O–H groups in total. The van der Waals surface area contributed by atoms with Gasteiger partial charge in [0.1, 0.15) is 0 Å². The Labute approximate surface area is 227 Å². The third kappa shape index (κ3) is 3.81. The average Bonchev–Trinajstić information content (AvgIpc) is 3.51. The molecule has 0 unspecified atom stereocenters. The summed E-state index contributed by atoms with van der Waals surface area (Å²) >= 11 is -0.0850. The molecular weight excluding hydrogens is 533 g/mol. The van der Waals surface area contributed by atoms with Crippen molar-refractivity contribution >= 4 is 58.9 Å². The number of ketones is 2. The molecule has 4 aromatic carbocycles. The molecule has 0 amide bonds. The van der Waals surface area contributed by atoms with E-state index in [1.807, 2.05) is 24.3 Å². The summed E-state index contributed by atoms with van der Waals surface area (Å²) in [6.45, 7) is 0. The average molecular weight is 557 g/mol. The number of allylic oxidation sites excluding steroid dienone is 3. The Balaban J connectivity index is 1.30. The molecule has 5 aromatic rings. The third-order valence-electron chi connectivity index (χ3n) is 7.30. The van der Waals surface area contributed by atoms with Crippen LogP contribution < -0.4 is 4.90 Å². The molecule has 0 aliphatic heterocycles. The number of nitrogens with zero attached hydrogens (tertiary/aromatic N) is 1. The molecule has 7 rings (SSSR count). The summed E-state index contributed by atoms with van der Waals surface area (Å²) in [5, 5.41) is 2.36. The second-order valence-corrected chi connectivity index (χ2v) is 11.9. The second kappa shape index (κ2) is 9.25. The number of hydrogen-bond donors (Lipinski definition) is 0. The summed E-state index contributed by atoms with van der Waals surface area (Å²) in [6.07, 6.45) is 7.71. The number of benzene rings is 4. The van der Waals surface area contributed by atoms with Crippen molar-refractivity contribution in [2.24, 2.45) is 0 Å². The van der Waals surface area contributed by atoms with E-state index in [1.54, 1.807) is 0 Å². The molecule has 2 aliphatic rings. The molecule has 3 nitrogen and oxygen atoms in total. The zero-order chi connectivity index (χ0) is 25.6. The van der Waals surface area contributed by atoms with E-state index in [4.69, 9.17) is 0 Å². The second-order valence-electron chi connectivity index (χ2n) is 9.61. The van der Waals surface area contributed by atoms with E-state index in [2.05, 4.69) is 95.9 Å². The van der Waals surface area contributed by atoms with E-state index in [9.17, 15) is 9.59 Å². The first-order valence-corrected chi connectivity index (χ1v) is 14.4. The van der Waals surface area contributed by atoms with E-state index in [0.29, 0.717) is 11.1 Å². The number of para-hydroxylation sites is 1. The first-order valence-electron chi connectivity index (χ1n) is 12.7. The number of carbonyl (C=O) groups is 2.